The molecule has 2 rings (SSSR count). The van der Waals surface area contributed by atoms with Gasteiger partial charge in [0.2, 0.25) is 0 Å². The van der Waals surface area contributed by atoms with Crippen LogP contribution in [0.25, 0.3) is 0 Å². The fourth-order valence-corrected chi connectivity index (χ4v) is 1.98. The molecule has 0 radical (unpaired) electrons. The zero-order chi connectivity index (χ0) is 15.2. The molecule has 0 aliphatic heterocycles. The number of carboxylic acids is 1. The van der Waals surface area contributed by atoms with Crippen LogP contribution in [0.1, 0.15) is 47.1 Å². The Kier molecular flexibility index (Phi) is 4.92. The van der Waals surface area contributed by atoms with Gasteiger partial charge in [0, 0.05) is 12.4 Å². The van der Waals surface area contributed by atoms with Crippen molar-refractivity contribution in [2.24, 2.45) is 0 Å². The molecule has 0 spiro atoms. The number of nitrogens with zero attached hydrogens (tertiary/aromatic N) is 2. The van der Waals surface area contributed by atoms with E-state index in [1.165, 1.54) is 18.5 Å². The number of aryl methyl sites for hydroxylation is 2. The number of carboxylic acid groups (broad SMARTS) is 1. The number of unbranched alkanes of at least 4 members (excludes halogenated alkanes) is 1. The molecular weight excluding hydrogens is 272 g/mol. The molecule has 2 aromatic heterocycles. The van der Waals surface area contributed by atoms with Crippen molar-refractivity contribution in [3.05, 3.63) is 41.0 Å². The number of aromatic nitrogens is 2. The standard InChI is InChI=1S/C15H18N2O4/c1-3-4-5-13-12(10(2)21-17-13)9-20-14-6-7-16-8-11(14)15(18)19/h6-8H,3-5,9H2,1-2H3,(H,18,19). The Bertz CT molecular complexity index is 622. The molecule has 0 unspecified atom stereocenters. The predicted molar refractivity (Wildman–Crippen MR) is 75.4 cm³/mol. The minimum Gasteiger partial charge on any atom is -0.488 e. The first-order valence-corrected chi connectivity index (χ1v) is 6.87. The van der Waals surface area contributed by atoms with Gasteiger partial charge < -0.3 is 14.4 Å². The first-order chi connectivity index (χ1) is 10.1. The Morgan fingerprint density at radius 2 is 2.29 bits per heavy atom. The van der Waals surface area contributed by atoms with E-state index in [1.54, 1.807) is 0 Å². The maximum absolute atomic E-state index is 11.1. The van der Waals surface area contributed by atoms with Gasteiger partial charge in [-0.1, -0.05) is 18.5 Å². The summed E-state index contributed by atoms with van der Waals surface area (Å²) in [5.74, 6) is -0.0714. The van der Waals surface area contributed by atoms with Crippen LogP contribution in [-0.2, 0) is 13.0 Å². The van der Waals surface area contributed by atoms with E-state index in [9.17, 15) is 4.79 Å². The molecule has 0 aromatic carbocycles. The maximum Gasteiger partial charge on any atom is 0.341 e. The van der Waals surface area contributed by atoms with Crippen LogP contribution in [0.3, 0.4) is 0 Å². The molecule has 0 atom stereocenters. The highest BCUT2D eigenvalue weighted by atomic mass is 16.5. The van der Waals surface area contributed by atoms with E-state index < -0.39 is 5.97 Å². The summed E-state index contributed by atoms with van der Waals surface area (Å²) in [6.45, 7) is 4.17. The smallest absolute Gasteiger partial charge is 0.341 e. The lowest BCUT2D eigenvalue weighted by molar-refractivity contribution is 0.0691. The molecule has 0 aliphatic rings. The molecule has 0 amide bonds. The molecule has 2 heterocycles. The van der Waals surface area contributed by atoms with Crippen molar-refractivity contribution in [1.82, 2.24) is 10.1 Å². The van der Waals surface area contributed by atoms with E-state index in [-0.39, 0.29) is 12.2 Å². The molecule has 2 aromatic rings. The van der Waals surface area contributed by atoms with Gasteiger partial charge in [0.05, 0.1) is 11.3 Å². The van der Waals surface area contributed by atoms with Crippen molar-refractivity contribution in [2.75, 3.05) is 0 Å². The lowest BCUT2D eigenvalue weighted by atomic mass is 10.1. The minimum absolute atomic E-state index is 0.0433. The molecule has 0 bridgehead atoms. The lowest BCUT2D eigenvalue weighted by Crippen LogP contribution is -2.05. The zero-order valence-corrected chi connectivity index (χ0v) is 12.1. The van der Waals surface area contributed by atoms with Gasteiger partial charge in [-0.05, 0) is 25.8 Å². The summed E-state index contributed by atoms with van der Waals surface area (Å²) >= 11 is 0. The molecule has 1 N–H and O–H groups in total. The number of hydrogen-bond donors (Lipinski definition) is 1. The number of pyridine rings is 1. The summed E-state index contributed by atoms with van der Waals surface area (Å²) in [5.41, 5.74) is 1.80. The number of carbonyl (C=O) groups is 1. The average molecular weight is 290 g/mol. The largest absolute Gasteiger partial charge is 0.488 e. The fourth-order valence-electron chi connectivity index (χ4n) is 1.98. The van der Waals surface area contributed by atoms with E-state index in [0.717, 1.165) is 30.5 Å². The zero-order valence-electron chi connectivity index (χ0n) is 12.1. The van der Waals surface area contributed by atoms with Crippen molar-refractivity contribution in [3.63, 3.8) is 0 Å². The number of aromatic carboxylic acids is 1. The van der Waals surface area contributed by atoms with Crippen molar-refractivity contribution in [1.29, 1.82) is 0 Å². The van der Waals surface area contributed by atoms with Gasteiger partial charge in [0.1, 0.15) is 23.7 Å². The fraction of sp³-hybridized carbons (Fsp3) is 0.400. The summed E-state index contributed by atoms with van der Waals surface area (Å²) in [7, 11) is 0. The van der Waals surface area contributed by atoms with Crippen LogP contribution >= 0.6 is 0 Å². The average Bonchev–Trinajstić information content (AvgIpc) is 2.83. The van der Waals surface area contributed by atoms with Crippen LogP contribution in [0.5, 0.6) is 5.75 Å². The quantitative estimate of drug-likeness (QED) is 0.843. The third kappa shape index (κ3) is 3.59. The monoisotopic (exact) mass is 290 g/mol. The van der Waals surface area contributed by atoms with E-state index >= 15 is 0 Å². The van der Waals surface area contributed by atoms with E-state index in [0.29, 0.717) is 11.5 Å². The second kappa shape index (κ2) is 6.88. The number of rotatable bonds is 7. The van der Waals surface area contributed by atoms with Crippen molar-refractivity contribution < 1.29 is 19.2 Å². The second-order valence-corrected chi connectivity index (χ2v) is 4.73. The van der Waals surface area contributed by atoms with Crippen LogP contribution in [-0.4, -0.2) is 21.2 Å². The van der Waals surface area contributed by atoms with Crippen LogP contribution in [0.2, 0.25) is 0 Å². The predicted octanol–water partition coefficient (Wildman–Crippen LogP) is 3.00. The molecule has 0 saturated heterocycles. The van der Waals surface area contributed by atoms with Gasteiger partial charge in [-0.25, -0.2) is 4.79 Å². The van der Waals surface area contributed by atoms with E-state index in [2.05, 4.69) is 17.1 Å². The first kappa shape index (κ1) is 15.0. The third-order valence-corrected chi connectivity index (χ3v) is 3.22. The summed E-state index contributed by atoms with van der Waals surface area (Å²) in [5, 5.41) is 13.1. The van der Waals surface area contributed by atoms with Gasteiger partial charge in [-0.15, -0.1) is 0 Å². The molecule has 112 valence electrons. The van der Waals surface area contributed by atoms with Crippen molar-refractivity contribution >= 4 is 5.97 Å². The SMILES string of the molecule is CCCCc1noc(C)c1COc1ccncc1C(=O)O. The normalized spacial score (nSPS) is 10.6. The molecule has 0 fully saturated rings. The van der Waals surface area contributed by atoms with Crippen LogP contribution < -0.4 is 4.74 Å². The Hall–Kier alpha value is -2.37. The van der Waals surface area contributed by atoms with Gasteiger partial charge in [-0.3, -0.25) is 4.98 Å². The van der Waals surface area contributed by atoms with Crippen LogP contribution in [0, 0.1) is 6.92 Å². The highest BCUT2D eigenvalue weighted by Crippen LogP contribution is 2.21. The second-order valence-electron chi connectivity index (χ2n) is 4.73. The Labute approximate surface area is 122 Å². The molecular formula is C15H18N2O4. The minimum atomic E-state index is -1.06. The van der Waals surface area contributed by atoms with E-state index in [4.69, 9.17) is 14.4 Å². The van der Waals surface area contributed by atoms with Gasteiger partial charge in [-0.2, -0.15) is 0 Å². The first-order valence-electron chi connectivity index (χ1n) is 6.87. The summed E-state index contributed by atoms with van der Waals surface area (Å²) in [4.78, 5) is 14.9. The molecule has 0 saturated carbocycles. The molecule has 21 heavy (non-hydrogen) atoms. The number of ether oxygens (including phenoxy) is 1. The summed E-state index contributed by atoms with van der Waals surface area (Å²) < 4.78 is 10.8. The number of hydrogen-bond acceptors (Lipinski definition) is 5. The topological polar surface area (TPSA) is 85.5 Å². The Morgan fingerprint density at radius 1 is 1.48 bits per heavy atom. The van der Waals surface area contributed by atoms with Crippen molar-refractivity contribution in [3.8, 4) is 5.75 Å². The molecule has 0 aliphatic carbocycles. The Morgan fingerprint density at radius 3 is 3.00 bits per heavy atom. The summed E-state index contributed by atoms with van der Waals surface area (Å²) in [6, 6.07) is 1.54. The highest BCUT2D eigenvalue weighted by Gasteiger charge is 2.16. The summed E-state index contributed by atoms with van der Waals surface area (Å²) in [6.07, 6.45) is 5.69. The van der Waals surface area contributed by atoms with Gasteiger partial charge in [0.25, 0.3) is 0 Å². The van der Waals surface area contributed by atoms with Crippen molar-refractivity contribution in [2.45, 2.75) is 39.7 Å². The lowest BCUT2D eigenvalue weighted by Gasteiger charge is -2.08. The van der Waals surface area contributed by atoms with Crippen LogP contribution in [0.4, 0.5) is 0 Å². The van der Waals surface area contributed by atoms with Gasteiger partial charge in [0.15, 0.2) is 0 Å². The van der Waals surface area contributed by atoms with E-state index in [1.807, 2.05) is 6.92 Å². The highest BCUT2D eigenvalue weighted by molar-refractivity contribution is 5.90. The maximum atomic E-state index is 11.1. The van der Waals surface area contributed by atoms with Gasteiger partial charge >= 0.3 is 5.97 Å². The molecule has 6 nitrogen and oxygen atoms in total. The molecule has 6 heteroatoms. The van der Waals surface area contributed by atoms with Crippen LogP contribution in [0.15, 0.2) is 23.0 Å². The Balaban J connectivity index is 2.13. The third-order valence-electron chi connectivity index (χ3n) is 3.22.